The number of hydrogen-bond donors (Lipinski definition) is 16. The van der Waals surface area contributed by atoms with E-state index in [0.717, 1.165) is 0 Å². The third-order valence-electron chi connectivity index (χ3n) is 12.5. The van der Waals surface area contributed by atoms with E-state index in [-0.39, 0.29) is 94.2 Å². The summed E-state index contributed by atoms with van der Waals surface area (Å²) in [4.78, 5) is 140. The van der Waals surface area contributed by atoms with Gasteiger partial charge in [-0.2, -0.15) is 0 Å². The monoisotopic (exact) mass is 1110 g/mol. The molecule has 0 aliphatic rings. The number of carbonyl (C=O) groups excluding carboxylic acids is 10. The van der Waals surface area contributed by atoms with Crippen molar-refractivity contribution in [3.63, 3.8) is 0 Å². The van der Waals surface area contributed by atoms with Gasteiger partial charge in [-0.25, -0.2) is 0 Å². The molecule has 0 spiro atoms. The maximum atomic E-state index is 14.4. The van der Waals surface area contributed by atoms with E-state index in [1.165, 1.54) is 6.92 Å². The number of aliphatic hydroxyl groups excluding tert-OH is 1. The number of carbonyl (C=O) groups is 10. The SMILES string of the molecule is CC[C@H](C)[C@H](NC(=O)[C@H](CCCN=C(N)N)NC(=O)[C@H](CN)NC(=O)[C@H](CC(C)C)NC(=O)[C@H](CC(C)C)NC(=O)CN)C(=O)N[C@@H](CCCCN)C(=O)N[C@H](C(=O)N[C@@H](CC(C)C)C(=O)N[C@@H](CC(C)C)C(N)=O)[C@@H](C)O. The van der Waals surface area contributed by atoms with Crippen LogP contribution in [0.5, 0.6) is 0 Å². The highest BCUT2D eigenvalue weighted by atomic mass is 16.3. The van der Waals surface area contributed by atoms with Gasteiger partial charge < -0.3 is 87.4 Å². The molecule has 27 nitrogen and oxygen atoms in total. The number of amides is 10. The number of nitrogens with two attached hydrogens (primary N) is 6. The normalized spacial score (nSPS) is 15.6. The lowest BCUT2D eigenvalue weighted by Crippen LogP contribution is -2.62. The molecular weight excluding hydrogens is 1010 g/mol. The van der Waals surface area contributed by atoms with Gasteiger partial charge in [0, 0.05) is 13.1 Å². The summed E-state index contributed by atoms with van der Waals surface area (Å²) >= 11 is 0. The van der Waals surface area contributed by atoms with Crippen LogP contribution in [-0.2, 0) is 47.9 Å². The van der Waals surface area contributed by atoms with Crippen LogP contribution in [0.15, 0.2) is 4.99 Å². The van der Waals surface area contributed by atoms with E-state index in [2.05, 4.69) is 52.8 Å². The summed E-state index contributed by atoms with van der Waals surface area (Å²) in [6, 6.07) is -11.5. The van der Waals surface area contributed by atoms with E-state index in [1.807, 2.05) is 55.4 Å². The molecule has 78 heavy (non-hydrogen) atoms. The molecule has 11 atom stereocenters. The maximum absolute atomic E-state index is 14.4. The van der Waals surface area contributed by atoms with Crippen LogP contribution in [-0.4, -0.2) is 157 Å². The number of unbranched alkanes of at least 4 members (excludes halogenated alkanes) is 1. The third kappa shape index (κ3) is 28.4. The average Bonchev–Trinajstić information content (AvgIpc) is 3.34. The summed E-state index contributed by atoms with van der Waals surface area (Å²) in [7, 11) is 0. The van der Waals surface area contributed by atoms with Crippen molar-refractivity contribution in [2.24, 2.45) is 69.0 Å². The van der Waals surface area contributed by atoms with Gasteiger partial charge in [0.1, 0.15) is 54.4 Å². The van der Waals surface area contributed by atoms with Crippen LogP contribution in [0.1, 0.15) is 140 Å². The van der Waals surface area contributed by atoms with Gasteiger partial charge in [0.15, 0.2) is 5.96 Å². The predicted octanol–water partition coefficient (Wildman–Crippen LogP) is -3.45. The summed E-state index contributed by atoms with van der Waals surface area (Å²) in [5.41, 5.74) is 33.9. The maximum Gasteiger partial charge on any atom is 0.245 e. The molecule has 27 heteroatoms. The van der Waals surface area contributed by atoms with Crippen LogP contribution in [0.4, 0.5) is 0 Å². The average molecular weight is 1110 g/mol. The van der Waals surface area contributed by atoms with E-state index in [0.29, 0.717) is 19.3 Å². The molecule has 0 aliphatic carbocycles. The molecule has 0 bridgehead atoms. The van der Waals surface area contributed by atoms with Crippen molar-refractivity contribution in [3.05, 3.63) is 0 Å². The van der Waals surface area contributed by atoms with Crippen LogP contribution >= 0.6 is 0 Å². The van der Waals surface area contributed by atoms with Gasteiger partial charge >= 0.3 is 0 Å². The highest BCUT2D eigenvalue weighted by molar-refractivity contribution is 5.98. The quantitative estimate of drug-likeness (QED) is 0.0162. The fourth-order valence-electron chi connectivity index (χ4n) is 8.07. The Morgan fingerprint density at radius 1 is 0.436 bits per heavy atom. The molecule has 0 aliphatic heterocycles. The number of guanidine groups is 1. The van der Waals surface area contributed by atoms with Gasteiger partial charge in [-0.3, -0.25) is 52.9 Å². The topological polar surface area (TPSA) is 468 Å². The van der Waals surface area contributed by atoms with Crippen molar-refractivity contribution < 1.29 is 53.1 Å². The number of rotatable bonds is 39. The fourth-order valence-corrected chi connectivity index (χ4v) is 8.07. The number of nitrogens with one attached hydrogen (secondary N) is 9. The molecule has 0 rings (SSSR count). The van der Waals surface area contributed by atoms with E-state index >= 15 is 0 Å². The second-order valence-corrected chi connectivity index (χ2v) is 21.7. The zero-order valence-electron chi connectivity index (χ0n) is 48.0. The Morgan fingerprint density at radius 3 is 1.21 bits per heavy atom. The minimum absolute atomic E-state index is 0.00540. The molecule has 22 N–H and O–H groups in total. The van der Waals surface area contributed by atoms with Crippen LogP contribution in [0.3, 0.4) is 0 Å². The number of nitrogens with zero attached hydrogens (tertiary/aromatic N) is 1. The van der Waals surface area contributed by atoms with Crippen molar-refractivity contribution in [3.8, 4) is 0 Å². The van der Waals surface area contributed by atoms with Gasteiger partial charge in [-0.1, -0.05) is 75.7 Å². The second kappa shape index (κ2) is 37.6. The molecule has 0 aromatic rings. The first kappa shape index (κ1) is 71.8. The Balaban J connectivity index is 6.81. The Bertz CT molecular complexity index is 1970. The number of aliphatic hydroxyl groups is 1. The lowest BCUT2D eigenvalue weighted by Gasteiger charge is -2.30. The lowest BCUT2D eigenvalue weighted by molar-refractivity contribution is -0.137. The first-order valence-electron chi connectivity index (χ1n) is 27.3. The summed E-state index contributed by atoms with van der Waals surface area (Å²) in [5, 5.41) is 34.4. The number of hydrogen-bond acceptors (Lipinski definition) is 15. The summed E-state index contributed by atoms with van der Waals surface area (Å²) in [5.74, 6) is -8.85. The van der Waals surface area contributed by atoms with Gasteiger partial charge in [-0.15, -0.1) is 0 Å². The van der Waals surface area contributed by atoms with E-state index in [1.54, 1.807) is 13.8 Å². The minimum Gasteiger partial charge on any atom is -0.391 e. The second-order valence-electron chi connectivity index (χ2n) is 21.7. The van der Waals surface area contributed by atoms with Crippen molar-refractivity contribution >= 4 is 65.0 Å². The van der Waals surface area contributed by atoms with Crippen LogP contribution in [0.25, 0.3) is 0 Å². The zero-order valence-corrected chi connectivity index (χ0v) is 48.0. The molecule has 0 heterocycles. The van der Waals surface area contributed by atoms with Gasteiger partial charge in [0.25, 0.3) is 0 Å². The molecule has 0 radical (unpaired) electrons. The Hall–Kier alpha value is -6.19. The molecule has 0 saturated heterocycles. The summed E-state index contributed by atoms with van der Waals surface area (Å²) in [6.07, 6.45) is 0.405. The standard InChI is InChI=1S/C51H98N16O11/c1-12-30(10)40(49(77)61-32(16-13-14-18-52)44(72)67-41(31(11)68)50(78)64-37(23-29(8)9)46(74)62-34(42(55)70)20-26(2)3)66-43(71)33(17-15-19-58-51(56)57)60-48(76)38(24-53)65-47(75)36(22-28(6)7)63-45(73)35(21-27(4)5)59-39(69)25-54/h26-38,40-41,68H,12-25,52-54H2,1-11H3,(H2,55,70)(H,59,69)(H,60,76)(H,61,77)(H,62,74)(H,63,73)(H,64,78)(H,65,75)(H,66,71)(H,67,72)(H4,56,57,58)/t30-,31+,32-,33-,34-,35-,36-,37-,38-,40-,41-/m0/s1. The highest BCUT2D eigenvalue weighted by Crippen LogP contribution is 2.14. The van der Waals surface area contributed by atoms with Crippen molar-refractivity contribution in [1.82, 2.24) is 47.9 Å². The largest absolute Gasteiger partial charge is 0.391 e. The van der Waals surface area contributed by atoms with Crippen molar-refractivity contribution in [2.75, 3.05) is 26.2 Å². The molecular formula is C51H98N16O11. The Kier molecular flexibility index (Phi) is 34.6. The van der Waals surface area contributed by atoms with Crippen LogP contribution in [0, 0.1) is 29.6 Å². The van der Waals surface area contributed by atoms with E-state index < -0.39 is 132 Å². The molecule has 448 valence electrons. The first-order chi connectivity index (χ1) is 36.4. The van der Waals surface area contributed by atoms with Gasteiger partial charge in [0.2, 0.25) is 59.1 Å². The minimum atomic E-state index is -1.63. The smallest absolute Gasteiger partial charge is 0.245 e. The molecule has 0 aromatic carbocycles. The Labute approximate surface area is 460 Å². The zero-order chi connectivity index (χ0) is 60.0. The Morgan fingerprint density at radius 2 is 0.795 bits per heavy atom. The first-order valence-corrected chi connectivity index (χ1v) is 27.3. The predicted molar refractivity (Wildman–Crippen MR) is 296 cm³/mol. The van der Waals surface area contributed by atoms with Gasteiger partial charge in [0.05, 0.1) is 12.6 Å². The summed E-state index contributed by atoms with van der Waals surface area (Å²) < 4.78 is 0. The van der Waals surface area contributed by atoms with E-state index in [9.17, 15) is 53.1 Å². The third-order valence-corrected chi connectivity index (χ3v) is 12.5. The van der Waals surface area contributed by atoms with Crippen molar-refractivity contribution in [1.29, 1.82) is 0 Å². The van der Waals surface area contributed by atoms with E-state index in [4.69, 9.17) is 34.4 Å². The van der Waals surface area contributed by atoms with Crippen LogP contribution in [0.2, 0.25) is 0 Å². The number of primary amides is 1. The lowest BCUT2D eigenvalue weighted by atomic mass is 9.96. The van der Waals surface area contributed by atoms with Crippen LogP contribution < -0.4 is 82.3 Å². The van der Waals surface area contributed by atoms with Gasteiger partial charge in [-0.05, 0) is 101 Å². The number of aliphatic imine (C=N–C) groups is 1. The summed E-state index contributed by atoms with van der Waals surface area (Å²) in [6.45, 7) is 18.8. The molecule has 10 amide bonds. The van der Waals surface area contributed by atoms with Crippen molar-refractivity contribution in [2.45, 2.75) is 201 Å². The fraction of sp³-hybridized carbons (Fsp3) is 0.784. The molecule has 0 unspecified atom stereocenters. The molecule has 0 aromatic heterocycles. The molecule has 0 saturated carbocycles. The molecule has 0 fully saturated rings. The highest BCUT2D eigenvalue weighted by Gasteiger charge is 2.37.